The number of benzene rings is 3. The van der Waals surface area contributed by atoms with E-state index in [0.29, 0.717) is 5.56 Å². The second-order valence-electron chi connectivity index (χ2n) is 7.89. The lowest BCUT2D eigenvalue weighted by molar-refractivity contribution is 0.0955. The molecule has 0 saturated carbocycles. The van der Waals surface area contributed by atoms with Crippen molar-refractivity contribution in [1.82, 2.24) is 9.99 Å². The normalized spacial score (nSPS) is 11.1. The van der Waals surface area contributed by atoms with Crippen LogP contribution in [0.5, 0.6) is 0 Å². The van der Waals surface area contributed by atoms with Crippen molar-refractivity contribution in [3.05, 3.63) is 125 Å². The third-order valence-electron chi connectivity index (χ3n) is 5.66. The van der Waals surface area contributed by atoms with Crippen LogP contribution in [-0.2, 0) is 0 Å². The van der Waals surface area contributed by atoms with Gasteiger partial charge in [-0.1, -0.05) is 60.7 Å². The predicted octanol–water partition coefficient (Wildman–Crippen LogP) is 6.95. The molecule has 0 radical (unpaired) electrons. The van der Waals surface area contributed by atoms with Gasteiger partial charge in [0.15, 0.2) is 0 Å². The lowest BCUT2D eigenvalue weighted by Gasteiger charge is -2.15. The second-order valence-corrected chi connectivity index (χ2v) is 8.83. The monoisotopic (exact) mass is 461 g/mol. The first-order chi connectivity index (χ1) is 16.7. The zero-order valence-electron chi connectivity index (χ0n) is 18.7. The van der Waals surface area contributed by atoms with Crippen LogP contribution < -0.4 is 5.43 Å². The van der Waals surface area contributed by atoms with E-state index in [-0.39, 0.29) is 5.91 Å². The highest BCUT2D eigenvalue weighted by Gasteiger charge is 2.14. The van der Waals surface area contributed by atoms with Gasteiger partial charge in [0.25, 0.3) is 5.91 Å². The molecule has 0 atom stereocenters. The molecule has 2 heterocycles. The van der Waals surface area contributed by atoms with E-state index in [4.69, 9.17) is 0 Å². The van der Waals surface area contributed by atoms with Crippen LogP contribution in [0.15, 0.2) is 114 Å². The number of nitrogens with one attached hydrogen (secondary N) is 1. The van der Waals surface area contributed by atoms with Crippen LogP contribution in [0.2, 0.25) is 0 Å². The fourth-order valence-electron chi connectivity index (χ4n) is 3.88. The van der Waals surface area contributed by atoms with Crippen molar-refractivity contribution >= 4 is 23.5 Å². The molecule has 0 spiro atoms. The number of carbonyl (C=O) groups is 1. The minimum atomic E-state index is -0.240. The topological polar surface area (TPSA) is 46.4 Å². The van der Waals surface area contributed by atoms with Crippen LogP contribution in [0.4, 0.5) is 0 Å². The summed E-state index contributed by atoms with van der Waals surface area (Å²) in [5.41, 5.74) is 9.74. The smallest absolute Gasteiger partial charge is 0.271 e. The standard InChI is InChI=1S/C29H23N3OS/c1-21-18-19-34-28(21)20-30-31-29(33)24-12-14-25(15-13-24)32-26(22-8-4-2-5-9-22)16-17-27(32)23-10-6-3-7-11-23/h2-20H,1H3,(H,31,33)/b30-20-. The Balaban J connectivity index is 1.45. The number of nitrogens with zero attached hydrogens (tertiary/aromatic N) is 2. The Kier molecular flexibility index (Phi) is 6.19. The molecule has 166 valence electrons. The van der Waals surface area contributed by atoms with E-state index in [9.17, 15) is 4.79 Å². The van der Waals surface area contributed by atoms with Crippen LogP contribution >= 0.6 is 11.3 Å². The molecule has 5 aromatic rings. The third kappa shape index (κ3) is 4.47. The van der Waals surface area contributed by atoms with Crippen molar-refractivity contribution in [2.45, 2.75) is 6.92 Å². The summed E-state index contributed by atoms with van der Waals surface area (Å²) in [6.07, 6.45) is 1.68. The Labute approximate surface area is 202 Å². The summed E-state index contributed by atoms with van der Waals surface area (Å²) in [5, 5.41) is 6.12. The van der Waals surface area contributed by atoms with Gasteiger partial charge >= 0.3 is 0 Å². The summed E-state index contributed by atoms with van der Waals surface area (Å²) in [4.78, 5) is 13.6. The first-order valence-electron chi connectivity index (χ1n) is 11.0. The SMILES string of the molecule is Cc1ccsc1/C=N\NC(=O)c1ccc(-n2c(-c3ccccc3)ccc2-c2ccccc2)cc1. The Morgan fingerprint density at radius 2 is 1.38 bits per heavy atom. The highest BCUT2D eigenvalue weighted by atomic mass is 32.1. The molecule has 3 aromatic carbocycles. The molecule has 0 aliphatic carbocycles. The number of carbonyl (C=O) groups excluding carboxylic acids is 1. The fourth-order valence-corrected chi connectivity index (χ4v) is 4.66. The number of rotatable bonds is 6. The third-order valence-corrected chi connectivity index (χ3v) is 6.61. The van der Waals surface area contributed by atoms with Gasteiger partial charge in [0.2, 0.25) is 0 Å². The van der Waals surface area contributed by atoms with E-state index in [1.807, 2.05) is 79.0 Å². The maximum atomic E-state index is 12.6. The van der Waals surface area contributed by atoms with Gasteiger partial charge in [-0.05, 0) is 71.5 Å². The van der Waals surface area contributed by atoms with E-state index in [2.05, 4.69) is 51.5 Å². The summed E-state index contributed by atoms with van der Waals surface area (Å²) < 4.78 is 2.23. The van der Waals surface area contributed by atoms with Crippen LogP contribution in [0.1, 0.15) is 20.8 Å². The molecule has 2 aromatic heterocycles. The maximum Gasteiger partial charge on any atom is 0.271 e. The molecular formula is C29H23N3OS. The van der Waals surface area contributed by atoms with Crippen LogP contribution in [0.25, 0.3) is 28.2 Å². The minimum absolute atomic E-state index is 0.240. The van der Waals surface area contributed by atoms with Gasteiger partial charge in [-0.25, -0.2) is 5.43 Å². The minimum Gasteiger partial charge on any atom is -0.309 e. The first-order valence-corrected chi connectivity index (χ1v) is 11.9. The van der Waals surface area contributed by atoms with E-state index >= 15 is 0 Å². The number of thiophene rings is 1. The van der Waals surface area contributed by atoms with Gasteiger partial charge in [0.1, 0.15) is 0 Å². The summed E-state index contributed by atoms with van der Waals surface area (Å²) in [5.74, 6) is -0.240. The molecule has 5 heteroatoms. The molecule has 0 unspecified atom stereocenters. The lowest BCUT2D eigenvalue weighted by atomic mass is 10.1. The summed E-state index contributed by atoms with van der Waals surface area (Å²) in [6.45, 7) is 2.02. The Bertz CT molecular complexity index is 1380. The average molecular weight is 462 g/mol. The zero-order chi connectivity index (χ0) is 23.3. The molecule has 4 nitrogen and oxygen atoms in total. The van der Waals surface area contributed by atoms with E-state index < -0.39 is 0 Å². The van der Waals surface area contributed by atoms with Crippen molar-refractivity contribution in [2.24, 2.45) is 5.10 Å². The van der Waals surface area contributed by atoms with Crippen molar-refractivity contribution in [2.75, 3.05) is 0 Å². The van der Waals surface area contributed by atoms with Crippen LogP contribution in [-0.4, -0.2) is 16.7 Å². The number of hydrogen-bond acceptors (Lipinski definition) is 3. The number of amides is 1. The number of aromatic nitrogens is 1. The number of hydrogen-bond donors (Lipinski definition) is 1. The highest BCUT2D eigenvalue weighted by Crippen LogP contribution is 2.32. The van der Waals surface area contributed by atoms with Crippen LogP contribution in [0, 0.1) is 6.92 Å². The molecule has 34 heavy (non-hydrogen) atoms. The van der Waals surface area contributed by atoms with E-state index in [1.165, 1.54) is 0 Å². The van der Waals surface area contributed by atoms with Crippen molar-refractivity contribution in [1.29, 1.82) is 0 Å². The highest BCUT2D eigenvalue weighted by molar-refractivity contribution is 7.11. The summed E-state index contributed by atoms with van der Waals surface area (Å²) >= 11 is 1.59. The van der Waals surface area contributed by atoms with Crippen LogP contribution in [0.3, 0.4) is 0 Å². The fraction of sp³-hybridized carbons (Fsp3) is 0.0345. The Morgan fingerprint density at radius 1 is 0.794 bits per heavy atom. The van der Waals surface area contributed by atoms with Gasteiger partial charge in [-0.15, -0.1) is 11.3 Å². The Morgan fingerprint density at radius 3 is 1.91 bits per heavy atom. The molecule has 0 saturated heterocycles. The molecule has 5 rings (SSSR count). The number of aryl methyl sites for hydroxylation is 1. The molecule has 0 aliphatic heterocycles. The average Bonchev–Trinajstić information content (AvgIpc) is 3.51. The van der Waals surface area contributed by atoms with Gasteiger partial charge in [0, 0.05) is 16.1 Å². The van der Waals surface area contributed by atoms with Crippen molar-refractivity contribution < 1.29 is 4.79 Å². The van der Waals surface area contributed by atoms with Crippen molar-refractivity contribution in [3.63, 3.8) is 0 Å². The largest absolute Gasteiger partial charge is 0.309 e. The summed E-state index contributed by atoms with van der Waals surface area (Å²) in [7, 11) is 0. The lowest BCUT2D eigenvalue weighted by Crippen LogP contribution is -2.17. The summed E-state index contributed by atoms with van der Waals surface area (Å²) in [6, 6.07) is 34.6. The quantitative estimate of drug-likeness (QED) is 0.216. The molecular weight excluding hydrogens is 438 g/mol. The zero-order valence-corrected chi connectivity index (χ0v) is 19.5. The van der Waals surface area contributed by atoms with E-state index in [0.717, 1.165) is 38.6 Å². The Hall–Kier alpha value is -4.22. The van der Waals surface area contributed by atoms with Gasteiger partial charge in [-0.2, -0.15) is 5.10 Å². The predicted molar refractivity (Wildman–Crippen MR) is 141 cm³/mol. The second kappa shape index (κ2) is 9.73. The molecule has 1 N–H and O–H groups in total. The molecule has 1 amide bonds. The van der Waals surface area contributed by atoms with Gasteiger partial charge in [0.05, 0.1) is 17.6 Å². The number of hydrazone groups is 1. The van der Waals surface area contributed by atoms with E-state index in [1.54, 1.807) is 17.6 Å². The molecule has 0 bridgehead atoms. The van der Waals surface area contributed by atoms with Gasteiger partial charge in [-0.3, -0.25) is 4.79 Å². The van der Waals surface area contributed by atoms with Crippen molar-refractivity contribution in [3.8, 4) is 28.2 Å². The first kappa shape index (κ1) is 21.6. The maximum absolute atomic E-state index is 12.6. The van der Waals surface area contributed by atoms with Gasteiger partial charge < -0.3 is 4.57 Å². The molecule has 0 aliphatic rings. The molecule has 0 fully saturated rings.